The Morgan fingerprint density at radius 3 is 2.92 bits per heavy atom. The zero-order chi connectivity index (χ0) is 16.4. The average Bonchev–Trinajstić information content (AvgIpc) is 3.23. The Morgan fingerprint density at radius 2 is 2.08 bits per heavy atom. The lowest BCUT2D eigenvalue weighted by atomic mass is 9.88. The molecule has 4 rings (SSSR count). The van der Waals surface area contributed by atoms with Gasteiger partial charge in [0.1, 0.15) is 5.82 Å². The van der Waals surface area contributed by atoms with Crippen molar-refractivity contribution in [2.75, 3.05) is 0 Å². The summed E-state index contributed by atoms with van der Waals surface area (Å²) in [5, 5.41) is 3.12. The molecule has 24 heavy (non-hydrogen) atoms. The van der Waals surface area contributed by atoms with Crippen LogP contribution in [0.25, 0.3) is 11.3 Å². The fourth-order valence-electron chi connectivity index (χ4n) is 3.93. The second-order valence-corrected chi connectivity index (χ2v) is 7.09. The summed E-state index contributed by atoms with van der Waals surface area (Å²) >= 11 is 0. The molecular weight excluding hydrogens is 298 g/mol. The van der Waals surface area contributed by atoms with Gasteiger partial charge in [0.25, 0.3) is 0 Å². The monoisotopic (exact) mass is 323 g/mol. The molecule has 1 amide bonds. The molecule has 0 atom stereocenters. The third-order valence-electron chi connectivity index (χ3n) is 5.32. The molecule has 2 aliphatic rings. The van der Waals surface area contributed by atoms with Gasteiger partial charge in [-0.1, -0.05) is 37.5 Å². The number of hydrogen-bond acceptors (Lipinski definition) is 2. The van der Waals surface area contributed by atoms with Crippen LogP contribution >= 0.6 is 0 Å². The topological polar surface area (TPSA) is 46.9 Å². The standard InChI is InChI=1S/C20H25N3O/c24-20(16-7-2-1-3-8-16)21-13-15-6-4-9-17(12-15)18-14-23-11-5-10-19(23)22-18/h4,6,9,12,14,16H,1-3,5,7-8,10-11,13H2,(H,21,24). The van der Waals surface area contributed by atoms with E-state index in [9.17, 15) is 4.79 Å². The molecule has 0 spiro atoms. The molecule has 0 saturated heterocycles. The maximum Gasteiger partial charge on any atom is 0.223 e. The zero-order valence-electron chi connectivity index (χ0n) is 14.1. The number of amides is 1. The van der Waals surface area contributed by atoms with Gasteiger partial charge in [-0.2, -0.15) is 0 Å². The molecule has 0 bridgehead atoms. The molecular formula is C20H25N3O. The lowest BCUT2D eigenvalue weighted by molar-refractivity contribution is -0.126. The second kappa shape index (κ2) is 6.80. The summed E-state index contributed by atoms with van der Waals surface area (Å²) in [6.45, 7) is 1.69. The van der Waals surface area contributed by atoms with E-state index in [1.165, 1.54) is 31.5 Å². The minimum absolute atomic E-state index is 0.220. The Labute approximate surface area is 143 Å². The Balaban J connectivity index is 1.41. The fourth-order valence-corrected chi connectivity index (χ4v) is 3.93. The lowest BCUT2D eigenvalue weighted by Crippen LogP contribution is -2.31. The van der Waals surface area contributed by atoms with Gasteiger partial charge in [-0.3, -0.25) is 4.79 Å². The highest BCUT2D eigenvalue weighted by atomic mass is 16.1. The number of aromatic nitrogens is 2. The van der Waals surface area contributed by atoms with Crippen molar-refractivity contribution >= 4 is 5.91 Å². The normalized spacial score (nSPS) is 17.7. The van der Waals surface area contributed by atoms with Gasteiger partial charge in [-0.15, -0.1) is 0 Å². The molecule has 0 radical (unpaired) electrons. The van der Waals surface area contributed by atoms with Crippen molar-refractivity contribution in [1.82, 2.24) is 14.9 Å². The molecule has 0 unspecified atom stereocenters. The fraction of sp³-hybridized carbons (Fsp3) is 0.500. The molecule has 1 aromatic heterocycles. The van der Waals surface area contributed by atoms with Crippen LogP contribution < -0.4 is 5.32 Å². The molecule has 1 aliphatic heterocycles. The Kier molecular flexibility index (Phi) is 4.37. The van der Waals surface area contributed by atoms with Crippen LogP contribution in [0.1, 0.15) is 49.9 Å². The quantitative estimate of drug-likeness (QED) is 0.933. The molecule has 1 aromatic carbocycles. The first-order chi connectivity index (χ1) is 11.8. The molecule has 1 saturated carbocycles. The minimum Gasteiger partial charge on any atom is -0.352 e. The van der Waals surface area contributed by atoms with Crippen molar-refractivity contribution in [1.29, 1.82) is 0 Å². The van der Waals surface area contributed by atoms with E-state index in [1.54, 1.807) is 0 Å². The van der Waals surface area contributed by atoms with Gasteiger partial charge in [-0.05, 0) is 30.9 Å². The van der Waals surface area contributed by atoms with Crippen molar-refractivity contribution in [3.05, 3.63) is 41.9 Å². The van der Waals surface area contributed by atoms with E-state index in [1.807, 2.05) is 0 Å². The number of rotatable bonds is 4. The zero-order valence-corrected chi connectivity index (χ0v) is 14.1. The highest BCUT2D eigenvalue weighted by Crippen LogP contribution is 2.25. The average molecular weight is 323 g/mol. The van der Waals surface area contributed by atoms with Gasteiger partial charge in [0.05, 0.1) is 5.69 Å². The van der Waals surface area contributed by atoms with Crippen LogP contribution in [0, 0.1) is 5.92 Å². The van der Waals surface area contributed by atoms with Crippen LogP contribution in [-0.4, -0.2) is 15.5 Å². The van der Waals surface area contributed by atoms with Crippen molar-refractivity contribution < 1.29 is 4.79 Å². The number of carbonyl (C=O) groups is 1. The van der Waals surface area contributed by atoms with E-state index in [0.717, 1.165) is 42.6 Å². The predicted octanol–water partition coefficient (Wildman–Crippen LogP) is 3.69. The highest BCUT2D eigenvalue weighted by molar-refractivity contribution is 5.78. The summed E-state index contributed by atoms with van der Waals surface area (Å²) in [5.74, 6) is 1.64. The SMILES string of the molecule is O=C(NCc1cccc(-c2cn3c(n2)CCC3)c1)C1CCCCC1. The first kappa shape index (κ1) is 15.4. The van der Waals surface area contributed by atoms with Gasteiger partial charge in [0.15, 0.2) is 0 Å². The number of carbonyl (C=O) groups excluding carboxylic acids is 1. The van der Waals surface area contributed by atoms with E-state index in [4.69, 9.17) is 4.98 Å². The van der Waals surface area contributed by atoms with Crippen LogP contribution in [0.2, 0.25) is 0 Å². The smallest absolute Gasteiger partial charge is 0.223 e. The molecule has 2 aromatic rings. The van der Waals surface area contributed by atoms with E-state index in [-0.39, 0.29) is 11.8 Å². The summed E-state index contributed by atoms with van der Waals surface area (Å²) in [5.41, 5.74) is 3.33. The van der Waals surface area contributed by atoms with E-state index in [0.29, 0.717) is 6.54 Å². The van der Waals surface area contributed by atoms with Crippen molar-refractivity contribution in [2.45, 2.75) is 58.0 Å². The van der Waals surface area contributed by atoms with Gasteiger partial charge < -0.3 is 9.88 Å². The third-order valence-corrected chi connectivity index (χ3v) is 5.32. The molecule has 126 valence electrons. The summed E-state index contributed by atoms with van der Waals surface area (Å²) in [4.78, 5) is 17.0. The number of hydrogen-bond donors (Lipinski definition) is 1. The summed E-state index contributed by atoms with van der Waals surface area (Å²) in [6.07, 6.45) is 10.2. The van der Waals surface area contributed by atoms with E-state index >= 15 is 0 Å². The Morgan fingerprint density at radius 1 is 1.21 bits per heavy atom. The maximum absolute atomic E-state index is 12.3. The number of aryl methyl sites for hydroxylation is 2. The molecule has 1 N–H and O–H groups in total. The van der Waals surface area contributed by atoms with E-state index < -0.39 is 0 Å². The third kappa shape index (κ3) is 3.23. The van der Waals surface area contributed by atoms with Gasteiger partial charge in [0, 0.05) is 37.2 Å². The first-order valence-corrected chi connectivity index (χ1v) is 9.23. The summed E-state index contributed by atoms with van der Waals surface area (Å²) in [6, 6.07) is 8.39. The number of imidazole rings is 1. The number of benzene rings is 1. The van der Waals surface area contributed by atoms with E-state index in [2.05, 4.69) is 40.3 Å². The van der Waals surface area contributed by atoms with Crippen LogP contribution in [-0.2, 0) is 24.3 Å². The van der Waals surface area contributed by atoms with Crippen LogP contribution in [0.15, 0.2) is 30.5 Å². The Bertz CT molecular complexity index is 707. The largest absolute Gasteiger partial charge is 0.352 e. The molecule has 2 heterocycles. The van der Waals surface area contributed by atoms with Crippen molar-refractivity contribution in [3.63, 3.8) is 0 Å². The van der Waals surface area contributed by atoms with Crippen LogP contribution in [0.5, 0.6) is 0 Å². The second-order valence-electron chi connectivity index (χ2n) is 7.09. The number of nitrogens with zero attached hydrogens (tertiary/aromatic N) is 2. The molecule has 4 heteroatoms. The lowest BCUT2D eigenvalue weighted by Gasteiger charge is -2.20. The van der Waals surface area contributed by atoms with Crippen LogP contribution in [0.4, 0.5) is 0 Å². The minimum atomic E-state index is 0.220. The Hall–Kier alpha value is -2.10. The highest BCUT2D eigenvalue weighted by Gasteiger charge is 2.20. The van der Waals surface area contributed by atoms with Crippen LogP contribution in [0.3, 0.4) is 0 Å². The summed E-state index contributed by atoms with van der Waals surface area (Å²) < 4.78 is 2.26. The van der Waals surface area contributed by atoms with Gasteiger partial charge in [-0.25, -0.2) is 4.98 Å². The first-order valence-electron chi connectivity index (χ1n) is 9.23. The molecule has 4 nitrogen and oxygen atoms in total. The van der Waals surface area contributed by atoms with Gasteiger partial charge >= 0.3 is 0 Å². The summed E-state index contributed by atoms with van der Waals surface area (Å²) in [7, 11) is 0. The number of nitrogens with one attached hydrogen (secondary N) is 1. The maximum atomic E-state index is 12.3. The van der Waals surface area contributed by atoms with Gasteiger partial charge in [0.2, 0.25) is 5.91 Å². The molecule has 1 fully saturated rings. The number of fused-ring (bicyclic) bond motifs is 1. The predicted molar refractivity (Wildman–Crippen MR) is 94.4 cm³/mol. The molecule has 1 aliphatic carbocycles. The van der Waals surface area contributed by atoms with Crippen molar-refractivity contribution in [3.8, 4) is 11.3 Å². The van der Waals surface area contributed by atoms with Crippen molar-refractivity contribution in [2.24, 2.45) is 5.92 Å².